The summed E-state index contributed by atoms with van der Waals surface area (Å²) in [4.78, 5) is 2.28. The van der Waals surface area contributed by atoms with Crippen molar-refractivity contribution in [2.75, 3.05) is 26.7 Å². The Morgan fingerprint density at radius 3 is 2.35 bits per heavy atom. The molecule has 2 rings (SSSR count). The van der Waals surface area contributed by atoms with Crippen LogP contribution in [0.4, 0.5) is 0 Å². The van der Waals surface area contributed by atoms with Gasteiger partial charge in [-0.1, -0.05) is 19.1 Å². The highest BCUT2D eigenvalue weighted by Gasteiger charge is 2.51. The fourth-order valence-corrected chi connectivity index (χ4v) is 2.54. The predicted molar refractivity (Wildman–Crippen MR) is 95.4 cm³/mol. The van der Waals surface area contributed by atoms with Crippen LogP contribution in [-0.2, 0) is 9.31 Å². The Kier molecular flexibility index (Phi) is 5.77. The Labute approximate surface area is 141 Å². The van der Waals surface area contributed by atoms with Crippen molar-refractivity contribution in [2.24, 2.45) is 0 Å². The fraction of sp³-hybridized carbons (Fsp3) is 0.667. The van der Waals surface area contributed by atoms with Gasteiger partial charge in [-0.2, -0.15) is 0 Å². The summed E-state index contributed by atoms with van der Waals surface area (Å²) in [6.45, 7) is 13.2. The van der Waals surface area contributed by atoms with Gasteiger partial charge >= 0.3 is 7.12 Å². The van der Waals surface area contributed by atoms with Crippen molar-refractivity contribution in [3.63, 3.8) is 0 Å². The highest BCUT2D eigenvalue weighted by atomic mass is 16.7. The lowest BCUT2D eigenvalue weighted by Crippen LogP contribution is -2.41. The van der Waals surface area contributed by atoms with Crippen LogP contribution in [0.2, 0.25) is 0 Å². The maximum Gasteiger partial charge on any atom is 0.494 e. The molecule has 1 saturated heterocycles. The molecule has 0 aliphatic carbocycles. The third kappa shape index (κ3) is 4.49. The summed E-state index contributed by atoms with van der Waals surface area (Å²) in [6, 6.07) is 8.01. The van der Waals surface area contributed by atoms with Crippen molar-refractivity contribution in [1.82, 2.24) is 4.90 Å². The fourth-order valence-electron chi connectivity index (χ4n) is 2.54. The summed E-state index contributed by atoms with van der Waals surface area (Å²) in [5, 5.41) is 0. The van der Waals surface area contributed by atoms with Crippen LogP contribution in [0.15, 0.2) is 24.3 Å². The van der Waals surface area contributed by atoms with Gasteiger partial charge in [0.1, 0.15) is 12.4 Å². The van der Waals surface area contributed by atoms with Crippen molar-refractivity contribution in [1.29, 1.82) is 0 Å². The smallest absolute Gasteiger partial charge is 0.492 e. The van der Waals surface area contributed by atoms with Crippen LogP contribution < -0.4 is 10.2 Å². The van der Waals surface area contributed by atoms with Crippen LogP contribution in [0.3, 0.4) is 0 Å². The van der Waals surface area contributed by atoms with Crippen molar-refractivity contribution in [3.8, 4) is 5.75 Å². The van der Waals surface area contributed by atoms with Crippen LogP contribution in [0.1, 0.15) is 41.0 Å². The normalized spacial score (nSPS) is 19.3. The van der Waals surface area contributed by atoms with E-state index in [-0.39, 0.29) is 18.3 Å². The molecule has 0 unspecified atom stereocenters. The number of nitrogens with zero attached hydrogens (tertiary/aromatic N) is 1. The van der Waals surface area contributed by atoms with Gasteiger partial charge in [-0.05, 0) is 65.3 Å². The maximum atomic E-state index is 6.09. The third-order valence-electron chi connectivity index (χ3n) is 4.73. The lowest BCUT2D eigenvalue weighted by Gasteiger charge is -2.32. The molecule has 0 aromatic heterocycles. The largest absolute Gasteiger partial charge is 0.494 e. The van der Waals surface area contributed by atoms with E-state index >= 15 is 0 Å². The van der Waals surface area contributed by atoms with Crippen molar-refractivity contribution in [3.05, 3.63) is 24.3 Å². The van der Waals surface area contributed by atoms with Gasteiger partial charge in [0.05, 0.1) is 11.2 Å². The molecule has 0 atom stereocenters. The Hall–Kier alpha value is -1.04. The molecule has 0 amide bonds. The molecule has 1 heterocycles. The van der Waals surface area contributed by atoms with Crippen molar-refractivity contribution in [2.45, 2.75) is 52.2 Å². The molecule has 1 aromatic rings. The molecule has 5 heteroatoms. The molecule has 0 N–H and O–H groups in total. The van der Waals surface area contributed by atoms with E-state index < -0.39 is 0 Å². The molecule has 1 aromatic carbocycles. The average Bonchev–Trinajstić information content (AvgIpc) is 2.68. The van der Waals surface area contributed by atoms with E-state index in [9.17, 15) is 0 Å². The van der Waals surface area contributed by atoms with E-state index in [1.54, 1.807) is 0 Å². The molecule has 4 nitrogen and oxygen atoms in total. The summed E-state index contributed by atoms with van der Waals surface area (Å²) in [7, 11) is 1.78. The van der Waals surface area contributed by atoms with Gasteiger partial charge in [0.15, 0.2) is 0 Å². The molecule has 1 aliphatic heterocycles. The Morgan fingerprint density at radius 2 is 1.74 bits per heavy atom. The maximum absolute atomic E-state index is 6.09. The van der Waals surface area contributed by atoms with Gasteiger partial charge < -0.3 is 18.9 Å². The minimum Gasteiger partial charge on any atom is -0.492 e. The van der Waals surface area contributed by atoms with E-state index in [1.807, 2.05) is 24.3 Å². The highest BCUT2D eigenvalue weighted by Crippen LogP contribution is 2.36. The SMILES string of the molecule is CCCN(C)CCOc1cccc(B2OC(C)(C)C(C)(C)O2)c1. The zero-order valence-electron chi connectivity index (χ0n) is 15.4. The average molecular weight is 319 g/mol. The number of benzene rings is 1. The molecule has 0 spiro atoms. The van der Waals surface area contributed by atoms with Gasteiger partial charge in [-0.3, -0.25) is 0 Å². The Morgan fingerprint density at radius 1 is 1.09 bits per heavy atom. The molecular formula is C18H30BNO3. The number of hydrogen-bond donors (Lipinski definition) is 0. The first kappa shape index (κ1) is 18.3. The molecule has 23 heavy (non-hydrogen) atoms. The van der Waals surface area contributed by atoms with E-state index in [1.165, 1.54) is 0 Å². The van der Waals surface area contributed by atoms with Gasteiger partial charge in [-0.15, -0.1) is 0 Å². The molecular weight excluding hydrogens is 289 g/mol. The van der Waals surface area contributed by atoms with Gasteiger partial charge in [0.2, 0.25) is 0 Å². The number of rotatable bonds is 7. The number of likely N-dealkylation sites (N-methyl/N-ethyl adjacent to an activating group) is 1. The van der Waals surface area contributed by atoms with Crippen LogP contribution in [0.25, 0.3) is 0 Å². The molecule has 0 radical (unpaired) electrons. The third-order valence-corrected chi connectivity index (χ3v) is 4.73. The second-order valence-corrected chi connectivity index (χ2v) is 7.31. The van der Waals surface area contributed by atoms with E-state index in [4.69, 9.17) is 14.0 Å². The van der Waals surface area contributed by atoms with Crippen LogP contribution in [-0.4, -0.2) is 50.0 Å². The van der Waals surface area contributed by atoms with Crippen LogP contribution in [0, 0.1) is 0 Å². The first-order valence-electron chi connectivity index (χ1n) is 8.52. The topological polar surface area (TPSA) is 30.9 Å². The first-order valence-corrected chi connectivity index (χ1v) is 8.52. The van der Waals surface area contributed by atoms with Gasteiger partial charge in [-0.25, -0.2) is 0 Å². The van der Waals surface area contributed by atoms with Crippen LogP contribution in [0.5, 0.6) is 5.75 Å². The van der Waals surface area contributed by atoms with Gasteiger partial charge in [0.25, 0.3) is 0 Å². The molecule has 128 valence electrons. The summed E-state index contributed by atoms with van der Waals surface area (Å²) in [6.07, 6.45) is 1.16. The minimum atomic E-state index is -0.341. The predicted octanol–water partition coefficient (Wildman–Crippen LogP) is 2.71. The van der Waals surface area contributed by atoms with E-state index in [2.05, 4.69) is 46.6 Å². The minimum absolute atomic E-state index is 0.322. The zero-order chi connectivity index (χ0) is 17.1. The van der Waals surface area contributed by atoms with E-state index in [0.717, 1.165) is 30.7 Å². The summed E-state index contributed by atoms with van der Waals surface area (Å²) >= 11 is 0. The monoisotopic (exact) mass is 319 g/mol. The standard InChI is InChI=1S/C18H30BNO3/c1-7-11-20(6)12-13-21-16-10-8-9-15(14-16)19-22-17(2,3)18(4,5)23-19/h8-10,14H,7,11-13H2,1-6H3. The molecule has 1 aliphatic rings. The van der Waals surface area contributed by atoms with E-state index in [0.29, 0.717) is 6.61 Å². The molecule has 0 bridgehead atoms. The molecule has 0 saturated carbocycles. The summed E-state index contributed by atoms with van der Waals surface area (Å²) in [5.41, 5.74) is 0.359. The van der Waals surface area contributed by atoms with Crippen LogP contribution >= 0.6 is 0 Å². The number of hydrogen-bond acceptors (Lipinski definition) is 4. The molecule has 1 fully saturated rings. The Balaban J connectivity index is 1.96. The van der Waals surface area contributed by atoms with Crippen molar-refractivity contribution < 1.29 is 14.0 Å². The van der Waals surface area contributed by atoms with Crippen molar-refractivity contribution >= 4 is 12.6 Å². The lowest BCUT2D eigenvalue weighted by molar-refractivity contribution is 0.00578. The first-order chi connectivity index (χ1) is 10.7. The second-order valence-electron chi connectivity index (χ2n) is 7.31. The lowest BCUT2D eigenvalue weighted by atomic mass is 9.79. The summed E-state index contributed by atoms with van der Waals surface area (Å²) in [5.74, 6) is 0.863. The second kappa shape index (κ2) is 7.24. The summed E-state index contributed by atoms with van der Waals surface area (Å²) < 4.78 is 18.1. The van der Waals surface area contributed by atoms with Gasteiger partial charge in [0, 0.05) is 6.54 Å². The Bertz CT molecular complexity index is 503. The zero-order valence-corrected chi connectivity index (χ0v) is 15.4. The quantitative estimate of drug-likeness (QED) is 0.723. The highest BCUT2D eigenvalue weighted by molar-refractivity contribution is 6.62. The number of ether oxygens (including phenoxy) is 1.